The first-order valence-electron chi connectivity index (χ1n) is 4.34. The minimum atomic E-state index is -0.0288. The number of nitrogens with one attached hydrogen (secondary N) is 1. The lowest BCUT2D eigenvalue weighted by atomic mass is 10.2. The van der Waals surface area contributed by atoms with Gasteiger partial charge < -0.3 is 4.98 Å². The lowest BCUT2D eigenvalue weighted by Gasteiger charge is -1.98. The van der Waals surface area contributed by atoms with E-state index in [-0.39, 0.29) is 5.78 Å². The van der Waals surface area contributed by atoms with Gasteiger partial charge in [0.1, 0.15) is 11.5 Å². The van der Waals surface area contributed by atoms with Gasteiger partial charge >= 0.3 is 0 Å². The van der Waals surface area contributed by atoms with E-state index in [1.165, 1.54) is 13.1 Å². The number of Topliss-reactive ketones (excluding diaryl/α,β-unsaturated/α-hetero) is 1. The van der Waals surface area contributed by atoms with Crippen LogP contribution >= 0.6 is 15.9 Å². The second kappa shape index (κ2) is 3.94. The van der Waals surface area contributed by atoms with E-state index < -0.39 is 0 Å². The summed E-state index contributed by atoms with van der Waals surface area (Å²) in [6, 6.07) is 1.83. The summed E-state index contributed by atoms with van der Waals surface area (Å²) in [5.74, 6) is 0.633. The smallest absolute Gasteiger partial charge is 0.177 e. The number of aromatic nitrogens is 3. The minimum absolute atomic E-state index is 0.0288. The predicted molar refractivity (Wildman–Crippen MR) is 59.5 cm³/mol. The molecule has 76 valence electrons. The molecule has 15 heavy (non-hydrogen) atoms. The Hall–Kier alpha value is -1.49. The third-order valence-electron chi connectivity index (χ3n) is 1.98. The molecule has 2 aromatic heterocycles. The molecule has 2 heterocycles. The number of ketones is 1. The maximum atomic E-state index is 11.1. The Bertz CT molecular complexity index is 507. The Morgan fingerprint density at radius 1 is 1.47 bits per heavy atom. The largest absolute Gasteiger partial charge is 0.336 e. The number of halogens is 1. The topological polar surface area (TPSA) is 58.6 Å². The molecule has 0 spiro atoms. The van der Waals surface area contributed by atoms with Crippen molar-refractivity contribution in [2.75, 3.05) is 0 Å². The van der Waals surface area contributed by atoms with Crippen LogP contribution in [0.5, 0.6) is 0 Å². The first kappa shape index (κ1) is 10.0. The van der Waals surface area contributed by atoms with Gasteiger partial charge in [0.25, 0.3) is 0 Å². The molecule has 5 heteroatoms. The molecule has 2 rings (SSSR count). The summed E-state index contributed by atoms with van der Waals surface area (Å²) in [6.07, 6.45) is 4.89. The molecule has 2 aromatic rings. The Morgan fingerprint density at radius 3 is 2.87 bits per heavy atom. The van der Waals surface area contributed by atoms with Crippen LogP contribution in [0.3, 0.4) is 0 Å². The first-order valence-corrected chi connectivity index (χ1v) is 5.13. The van der Waals surface area contributed by atoms with E-state index in [1.807, 2.05) is 6.07 Å². The lowest BCUT2D eigenvalue weighted by Crippen LogP contribution is -1.91. The monoisotopic (exact) mass is 265 g/mol. The van der Waals surface area contributed by atoms with Crippen molar-refractivity contribution in [2.45, 2.75) is 6.92 Å². The number of rotatable bonds is 2. The van der Waals surface area contributed by atoms with Crippen LogP contribution in [0.4, 0.5) is 0 Å². The number of aromatic amines is 1. The van der Waals surface area contributed by atoms with Gasteiger partial charge in [-0.25, -0.2) is 4.98 Å². The van der Waals surface area contributed by atoms with Crippen molar-refractivity contribution < 1.29 is 4.79 Å². The van der Waals surface area contributed by atoms with Crippen LogP contribution < -0.4 is 0 Å². The fraction of sp³-hybridized carbons (Fsp3) is 0.100. The van der Waals surface area contributed by atoms with E-state index in [9.17, 15) is 4.79 Å². The van der Waals surface area contributed by atoms with Crippen LogP contribution in [0.1, 0.15) is 17.4 Å². The molecule has 4 nitrogen and oxygen atoms in total. The highest BCUT2D eigenvalue weighted by atomic mass is 79.9. The molecule has 0 amide bonds. The van der Waals surface area contributed by atoms with E-state index in [2.05, 4.69) is 30.9 Å². The van der Waals surface area contributed by atoms with Crippen molar-refractivity contribution in [3.8, 4) is 11.4 Å². The van der Waals surface area contributed by atoms with Gasteiger partial charge in [-0.15, -0.1) is 0 Å². The second-order valence-electron chi connectivity index (χ2n) is 3.06. The maximum absolute atomic E-state index is 11.1. The van der Waals surface area contributed by atoms with Crippen molar-refractivity contribution in [3.05, 3.63) is 34.8 Å². The molecule has 0 bridgehead atoms. The summed E-state index contributed by atoms with van der Waals surface area (Å²) in [5.41, 5.74) is 1.39. The maximum Gasteiger partial charge on any atom is 0.177 e. The van der Waals surface area contributed by atoms with Gasteiger partial charge in [-0.05, 0) is 22.0 Å². The number of carbonyl (C=O) groups excluding carboxylic acids is 1. The number of pyridine rings is 1. The molecule has 0 aliphatic rings. The summed E-state index contributed by atoms with van der Waals surface area (Å²) < 4.78 is 0.842. The summed E-state index contributed by atoms with van der Waals surface area (Å²) in [6.45, 7) is 1.50. The van der Waals surface area contributed by atoms with E-state index in [0.717, 1.165) is 10.0 Å². The zero-order chi connectivity index (χ0) is 10.8. The quantitative estimate of drug-likeness (QED) is 0.849. The van der Waals surface area contributed by atoms with Gasteiger partial charge in [-0.1, -0.05) is 0 Å². The molecule has 0 atom stereocenters. The van der Waals surface area contributed by atoms with Gasteiger partial charge in [0.2, 0.25) is 0 Å². The fourth-order valence-electron chi connectivity index (χ4n) is 1.20. The van der Waals surface area contributed by atoms with Crippen molar-refractivity contribution in [1.82, 2.24) is 15.0 Å². The molecule has 0 saturated carbocycles. The lowest BCUT2D eigenvalue weighted by molar-refractivity contribution is 0.101. The highest BCUT2D eigenvalue weighted by Gasteiger charge is 2.08. The van der Waals surface area contributed by atoms with Crippen molar-refractivity contribution in [2.24, 2.45) is 0 Å². The number of hydrogen-bond donors (Lipinski definition) is 1. The number of carbonyl (C=O) groups is 1. The Morgan fingerprint density at radius 2 is 2.27 bits per heavy atom. The van der Waals surface area contributed by atoms with E-state index >= 15 is 0 Å². The average molecular weight is 266 g/mol. The second-order valence-corrected chi connectivity index (χ2v) is 3.91. The van der Waals surface area contributed by atoms with Crippen molar-refractivity contribution in [1.29, 1.82) is 0 Å². The van der Waals surface area contributed by atoms with Crippen LogP contribution in [-0.2, 0) is 0 Å². The molecule has 0 saturated heterocycles. The summed E-state index contributed by atoms with van der Waals surface area (Å²) in [4.78, 5) is 22.1. The minimum Gasteiger partial charge on any atom is -0.336 e. The van der Waals surface area contributed by atoms with E-state index in [4.69, 9.17) is 0 Å². The summed E-state index contributed by atoms with van der Waals surface area (Å²) in [7, 11) is 0. The highest BCUT2D eigenvalue weighted by Crippen LogP contribution is 2.24. The van der Waals surface area contributed by atoms with Crippen LogP contribution in [0, 0.1) is 0 Å². The molecule has 0 radical (unpaired) electrons. The van der Waals surface area contributed by atoms with Gasteiger partial charge in [-0.3, -0.25) is 9.78 Å². The number of nitrogens with zero attached hydrogens (tertiary/aromatic N) is 2. The molecular formula is C10H8BrN3O. The SMILES string of the molecule is CC(=O)c1cnc(-c2ccncc2Br)[nH]1. The van der Waals surface area contributed by atoms with E-state index in [0.29, 0.717) is 11.5 Å². The normalized spacial score (nSPS) is 10.3. The standard InChI is InChI=1S/C10H8BrN3O/c1-6(15)9-5-13-10(14-9)7-2-3-12-4-8(7)11/h2-5H,1H3,(H,13,14). The highest BCUT2D eigenvalue weighted by molar-refractivity contribution is 9.10. The summed E-state index contributed by atoms with van der Waals surface area (Å²) >= 11 is 3.37. The van der Waals surface area contributed by atoms with Crippen molar-refractivity contribution in [3.63, 3.8) is 0 Å². The predicted octanol–water partition coefficient (Wildman–Crippen LogP) is 2.44. The van der Waals surface area contributed by atoms with Crippen LogP contribution in [0.15, 0.2) is 29.1 Å². The molecule has 1 N–H and O–H groups in total. The number of H-pyrrole nitrogens is 1. The molecule has 0 fully saturated rings. The Labute approximate surface area is 94.9 Å². The zero-order valence-corrected chi connectivity index (χ0v) is 9.58. The summed E-state index contributed by atoms with van der Waals surface area (Å²) in [5, 5.41) is 0. The molecule has 0 unspecified atom stereocenters. The van der Waals surface area contributed by atoms with Gasteiger partial charge in [0.05, 0.1) is 6.20 Å². The van der Waals surface area contributed by atoms with Gasteiger partial charge in [0, 0.05) is 29.4 Å². The van der Waals surface area contributed by atoms with Gasteiger partial charge in [0.15, 0.2) is 5.78 Å². The van der Waals surface area contributed by atoms with Crippen LogP contribution in [0.25, 0.3) is 11.4 Å². The third kappa shape index (κ3) is 1.97. The van der Waals surface area contributed by atoms with Crippen LogP contribution in [-0.4, -0.2) is 20.7 Å². The average Bonchev–Trinajstić information content (AvgIpc) is 2.67. The molecule has 0 aromatic carbocycles. The molecular weight excluding hydrogens is 258 g/mol. The fourth-order valence-corrected chi connectivity index (χ4v) is 1.64. The third-order valence-corrected chi connectivity index (χ3v) is 2.61. The van der Waals surface area contributed by atoms with E-state index in [1.54, 1.807) is 12.4 Å². The molecule has 0 aliphatic heterocycles. The van der Waals surface area contributed by atoms with Crippen LogP contribution in [0.2, 0.25) is 0 Å². The Balaban J connectivity index is 2.46. The first-order chi connectivity index (χ1) is 7.18. The molecule has 0 aliphatic carbocycles. The van der Waals surface area contributed by atoms with Crippen molar-refractivity contribution >= 4 is 21.7 Å². The van der Waals surface area contributed by atoms with Gasteiger partial charge in [-0.2, -0.15) is 0 Å². The number of hydrogen-bond acceptors (Lipinski definition) is 3. The zero-order valence-electron chi connectivity index (χ0n) is 7.99. The Kier molecular flexibility index (Phi) is 2.64. The number of imidazole rings is 1.